The molecule has 3 aromatic rings. The highest BCUT2D eigenvalue weighted by Gasteiger charge is 2.58. The van der Waals surface area contributed by atoms with Crippen molar-refractivity contribution in [1.29, 1.82) is 0 Å². The Morgan fingerprint density at radius 3 is 2.29 bits per heavy atom. The topological polar surface area (TPSA) is 110 Å². The average molecular weight is 606 g/mol. The van der Waals surface area contributed by atoms with Crippen LogP contribution in [0.5, 0.6) is 5.75 Å². The molecular formula is C26H29F6N5O3S. The monoisotopic (exact) mass is 605 g/mol. The number of tetrazole rings is 1. The van der Waals surface area contributed by atoms with Gasteiger partial charge in [-0.25, -0.2) is 0 Å². The van der Waals surface area contributed by atoms with Crippen LogP contribution in [0.15, 0.2) is 36.4 Å². The summed E-state index contributed by atoms with van der Waals surface area (Å²) in [5.74, 6) is -1.71. The average Bonchev–Trinajstić information content (AvgIpc) is 3.40. The number of hydrogen-bond acceptors (Lipinski definition) is 7. The van der Waals surface area contributed by atoms with Crippen LogP contribution in [0.2, 0.25) is 0 Å². The van der Waals surface area contributed by atoms with Gasteiger partial charge in [0.2, 0.25) is 5.91 Å². The van der Waals surface area contributed by atoms with Crippen LogP contribution in [-0.2, 0) is 16.8 Å². The molecule has 0 unspecified atom stereocenters. The first-order valence-electron chi connectivity index (χ1n) is 12.9. The van der Waals surface area contributed by atoms with Gasteiger partial charge in [-0.05, 0) is 55.0 Å². The first-order valence-corrected chi connectivity index (χ1v) is 13.7. The molecule has 8 nitrogen and oxygen atoms in total. The Morgan fingerprint density at radius 1 is 1.05 bits per heavy atom. The number of thiophene rings is 1. The molecule has 2 heterocycles. The summed E-state index contributed by atoms with van der Waals surface area (Å²) < 4.78 is 86.7. The third-order valence-electron chi connectivity index (χ3n) is 6.07. The Hall–Kier alpha value is -3.49. The first-order chi connectivity index (χ1) is 19.4. The Balaban J connectivity index is 0.00000226. The standard InChI is InChI=1S/C24H23F6N5O3S.C2H6/c25-23(26,27)10-1-11-38-16-6-4-15(5-7-16)22(24(28,29)30,31-21(37)12-20-32-34-35-33-20)13-17(36)19-9-8-18(39-19)14-2-3-14;1-2/h4-9,14H,1-3,10-13H2,(H,31,37)(H,32,33,34,35);1-2H3/t22-;/m0./s1. The van der Waals surface area contributed by atoms with Crippen LogP contribution in [0.4, 0.5) is 26.3 Å². The van der Waals surface area contributed by atoms with Crippen LogP contribution in [0.25, 0.3) is 0 Å². The Labute approximate surface area is 235 Å². The van der Waals surface area contributed by atoms with Crippen molar-refractivity contribution in [1.82, 2.24) is 25.9 Å². The summed E-state index contributed by atoms with van der Waals surface area (Å²) in [6, 6.07) is 7.56. The van der Waals surface area contributed by atoms with Gasteiger partial charge in [-0.2, -0.15) is 31.6 Å². The highest BCUT2D eigenvalue weighted by Crippen LogP contribution is 2.46. The predicted molar refractivity (Wildman–Crippen MR) is 138 cm³/mol. The van der Waals surface area contributed by atoms with Gasteiger partial charge in [0.15, 0.2) is 17.1 Å². The molecule has 0 bridgehead atoms. The van der Waals surface area contributed by atoms with Gasteiger partial charge in [-0.15, -0.1) is 21.5 Å². The number of benzene rings is 1. The molecule has 1 atom stereocenters. The number of rotatable bonds is 12. The molecule has 224 valence electrons. The molecule has 1 fully saturated rings. The highest BCUT2D eigenvalue weighted by molar-refractivity contribution is 7.14. The van der Waals surface area contributed by atoms with Gasteiger partial charge in [0.05, 0.1) is 17.9 Å². The molecule has 15 heteroatoms. The van der Waals surface area contributed by atoms with Crippen LogP contribution >= 0.6 is 11.3 Å². The van der Waals surface area contributed by atoms with Crippen LogP contribution in [0.3, 0.4) is 0 Å². The minimum atomic E-state index is -5.12. The number of halogens is 6. The SMILES string of the molecule is CC.O=C(Cc1nn[nH]n1)N[C@@](CC(=O)c1ccc(C2CC2)s1)(c1ccc(OCCCC(F)(F)F)cc1)C(F)(F)F. The number of aromatic amines is 1. The largest absolute Gasteiger partial charge is 0.494 e. The van der Waals surface area contributed by atoms with E-state index in [-0.39, 0.29) is 29.5 Å². The second-order valence-electron chi connectivity index (χ2n) is 9.12. The number of hydrogen-bond donors (Lipinski definition) is 2. The van der Waals surface area contributed by atoms with Gasteiger partial charge in [0, 0.05) is 17.7 Å². The van der Waals surface area contributed by atoms with E-state index < -0.39 is 54.4 Å². The maximum atomic E-state index is 14.8. The number of nitrogens with zero attached hydrogens (tertiary/aromatic N) is 3. The van der Waals surface area contributed by atoms with Gasteiger partial charge >= 0.3 is 12.4 Å². The molecule has 1 aliphatic rings. The lowest BCUT2D eigenvalue weighted by Gasteiger charge is -2.36. The predicted octanol–water partition coefficient (Wildman–Crippen LogP) is 6.28. The number of carbonyl (C=O) groups excluding carboxylic acids is 2. The summed E-state index contributed by atoms with van der Waals surface area (Å²) in [6.45, 7) is 3.70. The zero-order valence-electron chi connectivity index (χ0n) is 22.2. The van der Waals surface area contributed by atoms with Crippen molar-refractivity contribution in [2.75, 3.05) is 6.61 Å². The number of alkyl halides is 6. The number of H-pyrrole nitrogens is 1. The Kier molecular flexibility index (Phi) is 10.5. The fourth-order valence-corrected chi connectivity index (χ4v) is 5.07. The van der Waals surface area contributed by atoms with E-state index in [2.05, 4.69) is 20.6 Å². The van der Waals surface area contributed by atoms with Crippen LogP contribution in [-0.4, -0.2) is 51.3 Å². The summed E-state index contributed by atoms with van der Waals surface area (Å²) in [6.07, 6.45) is -10.7. The molecular weight excluding hydrogens is 576 g/mol. The summed E-state index contributed by atoms with van der Waals surface area (Å²) in [7, 11) is 0. The number of carbonyl (C=O) groups is 2. The minimum Gasteiger partial charge on any atom is -0.494 e. The maximum absolute atomic E-state index is 14.8. The molecule has 2 N–H and O–H groups in total. The third kappa shape index (κ3) is 8.75. The van der Waals surface area contributed by atoms with E-state index in [4.69, 9.17) is 4.74 Å². The molecule has 1 amide bonds. The van der Waals surface area contributed by atoms with Crippen LogP contribution < -0.4 is 10.1 Å². The summed E-state index contributed by atoms with van der Waals surface area (Å²) in [5.41, 5.74) is -3.57. The maximum Gasteiger partial charge on any atom is 0.416 e. The van der Waals surface area contributed by atoms with Crippen molar-refractivity contribution in [2.45, 2.75) is 76.2 Å². The number of Topliss-reactive ketones (excluding diaryl/α,β-unsaturated/α-hetero) is 1. The molecule has 1 saturated carbocycles. The molecule has 2 aromatic heterocycles. The van der Waals surface area contributed by atoms with Gasteiger partial charge in [0.25, 0.3) is 0 Å². The number of ketones is 1. The fourth-order valence-electron chi connectivity index (χ4n) is 3.95. The molecule has 1 aromatic carbocycles. The van der Waals surface area contributed by atoms with Crippen LogP contribution in [0.1, 0.15) is 77.8 Å². The smallest absolute Gasteiger partial charge is 0.416 e. The van der Waals surface area contributed by atoms with E-state index in [9.17, 15) is 35.9 Å². The van der Waals surface area contributed by atoms with Crippen molar-refractivity contribution >= 4 is 23.0 Å². The molecule has 1 aliphatic carbocycles. The lowest BCUT2D eigenvalue weighted by Crippen LogP contribution is -2.57. The Morgan fingerprint density at radius 2 is 1.73 bits per heavy atom. The number of nitrogens with one attached hydrogen (secondary N) is 2. The summed E-state index contributed by atoms with van der Waals surface area (Å²) in [4.78, 5) is 27.0. The molecule has 0 spiro atoms. The van der Waals surface area contributed by atoms with E-state index in [1.165, 1.54) is 6.07 Å². The van der Waals surface area contributed by atoms with Crippen molar-refractivity contribution in [3.05, 3.63) is 57.5 Å². The summed E-state index contributed by atoms with van der Waals surface area (Å²) >= 11 is 1.13. The minimum absolute atomic E-state index is 0.0359. The second-order valence-corrected chi connectivity index (χ2v) is 10.2. The number of ether oxygens (including phenoxy) is 1. The molecule has 0 radical (unpaired) electrons. The Bertz CT molecular complexity index is 1270. The van der Waals surface area contributed by atoms with Gasteiger partial charge in [-0.1, -0.05) is 31.2 Å². The highest BCUT2D eigenvalue weighted by atomic mass is 32.1. The normalized spacial score (nSPS) is 14.9. The molecule has 0 saturated heterocycles. The van der Waals surface area contributed by atoms with E-state index in [0.29, 0.717) is 5.92 Å². The second kappa shape index (κ2) is 13.4. The number of aromatic nitrogens is 4. The van der Waals surface area contributed by atoms with E-state index >= 15 is 0 Å². The zero-order chi connectivity index (χ0) is 30.3. The third-order valence-corrected chi connectivity index (χ3v) is 7.36. The van der Waals surface area contributed by atoms with Crippen molar-refractivity contribution in [2.24, 2.45) is 0 Å². The van der Waals surface area contributed by atoms with Gasteiger partial charge in [-0.3, -0.25) is 9.59 Å². The van der Waals surface area contributed by atoms with E-state index in [1.807, 2.05) is 19.2 Å². The van der Waals surface area contributed by atoms with Crippen molar-refractivity contribution in [3.8, 4) is 5.75 Å². The lowest BCUT2D eigenvalue weighted by atomic mass is 9.83. The van der Waals surface area contributed by atoms with E-state index in [0.717, 1.165) is 53.3 Å². The van der Waals surface area contributed by atoms with Crippen LogP contribution in [0, 0.1) is 0 Å². The van der Waals surface area contributed by atoms with Crippen molar-refractivity contribution < 1.29 is 40.7 Å². The van der Waals surface area contributed by atoms with Crippen molar-refractivity contribution in [3.63, 3.8) is 0 Å². The number of amides is 1. The molecule has 41 heavy (non-hydrogen) atoms. The lowest BCUT2D eigenvalue weighted by molar-refractivity contribution is -0.201. The zero-order valence-corrected chi connectivity index (χ0v) is 23.1. The fraction of sp³-hybridized carbons (Fsp3) is 0.500. The molecule has 0 aliphatic heterocycles. The van der Waals surface area contributed by atoms with E-state index in [1.54, 1.807) is 6.07 Å². The van der Waals surface area contributed by atoms with Gasteiger partial charge < -0.3 is 10.1 Å². The first kappa shape index (κ1) is 32.0. The summed E-state index contributed by atoms with van der Waals surface area (Å²) in [5, 5.41) is 14.5. The quantitative estimate of drug-likeness (QED) is 0.143. The molecule has 4 rings (SSSR count). The van der Waals surface area contributed by atoms with Gasteiger partial charge in [0.1, 0.15) is 5.75 Å².